The summed E-state index contributed by atoms with van der Waals surface area (Å²) in [6.45, 7) is 1.48. The molecule has 0 unspecified atom stereocenters. The zero-order valence-electron chi connectivity index (χ0n) is 13.2. The molecule has 1 aromatic rings. The Kier molecular flexibility index (Phi) is 4.09. The minimum Gasteiger partial charge on any atom is -0.481 e. The molecule has 1 aliphatic heterocycles. The zero-order chi connectivity index (χ0) is 17.4. The van der Waals surface area contributed by atoms with Crippen LogP contribution in [0.3, 0.4) is 0 Å². The van der Waals surface area contributed by atoms with Crippen LogP contribution in [0.4, 0.5) is 0 Å². The van der Waals surface area contributed by atoms with Gasteiger partial charge < -0.3 is 10.4 Å². The number of rotatable bonds is 4. The summed E-state index contributed by atoms with van der Waals surface area (Å²) in [7, 11) is 0. The van der Waals surface area contributed by atoms with Crippen molar-refractivity contribution in [2.24, 2.45) is 5.92 Å². The molecule has 1 aromatic carbocycles. The summed E-state index contributed by atoms with van der Waals surface area (Å²) in [6.07, 6.45) is 1.49. The van der Waals surface area contributed by atoms with Crippen molar-refractivity contribution in [3.63, 3.8) is 0 Å². The number of nitrogens with zero attached hydrogens (tertiary/aromatic N) is 1. The van der Waals surface area contributed by atoms with E-state index < -0.39 is 29.6 Å². The SMILES string of the molecule is Cc1ccc2c(c1)C(=O)N(CC(=O)N[C@H]1CC[C@@H](C(=O)O)C1)C2=O. The van der Waals surface area contributed by atoms with Gasteiger partial charge in [-0.15, -0.1) is 0 Å². The third-order valence-electron chi connectivity index (χ3n) is 4.57. The van der Waals surface area contributed by atoms with Gasteiger partial charge in [-0.25, -0.2) is 0 Å². The molecule has 0 radical (unpaired) electrons. The first-order valence-electron chi connectivity index (χ1n) is 7.86. The number of aryl methyl sites for hydroxylation is 1. The first-order valence-corrected chi connectivity index (χ1v) is 7.86. The first kappa shape index (κ1) is 16.2. The quantitative estimate of drug-likeness (QED) is 0.800. The van der Waals surface area contributed by atoms with E-state index in [1.807, 2.05) is 6.92 Å². The van der Waals surface area contributed by atoms with Crippen molar-refractivity contribution in [2.75, 3.05) is 6.54 Å². The van der Waals surface area contributed by atoms with Crippen LogP contribution in [0.25, 0.3) is 0 Å². The fourth-order valence-corrected chi connectivity index (χ4v) is 3.30. The van der Waals surface area contributed by atoms with Crippen LogP contribution in [0.5, 0.6) is 0 Å². The molecule has 1 saturated carbocycles. The summed E-state index contributed by atoms with van der Waals surface area (Å²) in [6, 6.07) is 4.76. The zero-order valence-corrected chi connectivity index (χ0v) is 13.2. The van der Waals surface area contributed by atoms with Gasteiger partial charge in [-0.1, -0.05) is 11.6 Å². The lowest BCUT2D eigenvalue weighted by molar-refractivity contribution is -0.141. The standard InChI is InChI=1S/C17H18N2O5/c1-9-2-5-12-13(6-9)16(22)19(15(12)21)8-14(20)18-11-4-3-10(7-11)17(23)24/h2,5-6,10-11H,3-4,7-8H2,1H3,(H,18,20)(H,23,24)/t10-,11+/m1/s1. The van der Waals surface area contributed by atoms with E-state index in [-0.39, 0.29) is 12.6 Å². The van der Waals surface area contributed by atoms with Crippen molar-refractivity contribution in [1.29, 1.82) is 0 Å². The van der Waals surface area contributed by atoms with Crippen LogP contribution < -0.4 is 5.32 Å². The maximum atomic E-state index is 12.3. The highest BCUT2D eigenvalue weighted by molar-refractivity contribution is 6.22. The van der Waals surface area contributed by atoms with Gasteiger partial charge in [0.15, 0.2) is 0 Å². The molecule has 7 heteroatoms. The second-order valence-corrected chi connectivity index (χ2v) is 6.36. The number of amides is 3. The Labute approximate surface area is 138 Å². The smallest absolute Gasteiger partial charge is 0.306 e. The minimum atomic E-state index is -0.859. The van der Waals surface area contributed by atoms with Crippen LogP contribution in [-0.2, 0) is 9.59 Å². The predicted octanol–water partition coefficient (Wildman–Crippen LogP) is 0.961. The summed E-state index contributed by atoms with van der Waals surface area (Å²) in [5.74, 6) is -2.69. The van der Waals surface area contributed by atoms with E-state index >= 15 is 0 Å². The molecule has 3 amide bonds. The fraction of sp³-hybridized carbons (Fsp3) is 0.412. The lowest BCUT2D eigenvalue weighted by atomic mass is 10.1. The summed E-state index contributed by atoms with van der Waals surface area (Å²) < 4.78 is 0. The summed E-state index contributed by atoms with van der Waals surface area (Å²) >= 11 is 0. The predicted molar refractivity (Wildman–Crippen MR) is 83.5 cm³/mol. The molecule has 0 saturated heterocycles. The molecular formula is C17H18N2O5. The van der Waals surface area contributed by atoms with Crippen molar-refractivity contribution in [1.82, 2.24) is 10.2 Å². The lowest BCUT2D eigenvalue weighted by Gasteiger charge is -2.16. The number of hydrogen-bond donors (Lipinski definition) is 2. The third-order valence-corrected chi connectivity index (χ3v) is 4.57. The maximum absolute atomic E-state index is 12.3. The molecule has 126 valence electrons. The van der Waals surface area contributed by atoms with E-state index in [2.05, 4.69) is 5.32 Å². The minimum absolute atomic E-state index is 0.226. The van der Waals surface area contributed by atoms with E-state index in [1.165, 1.54) is 0 Å². The molecule has 1 fully saturated rings. The van der Waals surface area contributed by atoms with Gasteiger partial charge >= 0.3 is 5.97 Å². The Bertz CT molecular complexity index is 742. The van der Waals surface area contributed by atoms with Crippen LogP contribution in [0.1, 0.15) is 45.5 Å². The fourth-order valence-electron chi connectivity index (χ4n) is 3.30. The highest BCUT2D eigenvalue weighted by atomic mass is 16.4. The molecule has 2 aliphatic rings. The van der Waals surface area contributed by atoms with Crippen LogP contribution in [0.2, 0.25) is 0 Å². The largest absolute Gasteiger partial charge is 0.481 e. The van der Waals surface area contributed by atoms with Gasteiger partial charge in [0.25, 0.3) is 11.8 Å². The highest BCUT2D eigenvalue weighted by Crippen LogP contribution is 2.26. The van der Waals surface area contributed by atoms with E-state index in [4.69, 9.17) is 5.11 Å². The normalized spacial score (nSPS) is 22.6. The van der Waals surface area contributed by atoms with Gasteiger partial charge in [0.2, 0.25) is 5.91 Å². The van der Waals surface area contributed by atoms with Gasteiger partial charge in [0.05, 0.1) is 17.0 Å². The van der Waals surface area contributed by atoms with E-state index in [0.29, 0.717) is 30.4 Å². The number of benzene rings is 1. The topological polar surface area (TPSA) is 104 Å². The summed E-state index contributed by atoms with van der Waals surface area (Å²) in [5.41, 5.74) is 1.50. The van der Waals surface area contributed by atoms with Crippen LogP contribution >= 0.6 is 0 Å². The highest BCUT2D eigenvalue weighted by Gasteiger charge is 2.37. The van der Waals surface area contributed by atoms with Crippen LogP contribution in [-0.4, -0.2) is 46.3 Å². The molecule has 3 rings (SSSR count). The number of carboxylic acid groups (broad SMARTS) is 1. The van der Waals surface area contributed by atoms with Gasteiger partial charge in [-0.05, 0) is 38.3 Å². The number of carboxylic acids is 1. The molecule has 1 heterocycles. The number of imide groups is 1. The second kappa shape index (κ2) is 6.07. The molecule has 2 atom stereocenters. The number of carbonyl (C=O) groups is 4. The van der Waals surface area contributed by atoms with Gasteiger partial charge in [0.1, 0.15) is 6.54 Å². The Morgan fingerprint density at radius 2 is 1.92 bits per heavy atom. The van der Waals surface area contributed by atoms with Gasteiger partial charge in [-0.2, -0.15) is 0 Å². The second-order valence-electron chi connectivity index (χ2n) is 6.36. The molecule has 24 heavy (non-hydrogen) atoms. The molecule has 7 nitrogen and oxygen atoms in total. The maximum Gasteiger partial charge on any atom is 0.306 e. The first-order chi connectivity index (χ1) is 11.4. The Morgan fingerprint density at radius 3 is 2.58 bits per heavy atom. The number of fused-ring (bicyclic) bond motifs is 1. The summed E-state index contributed by atoms with van der Waals surface area (Å²) in [5, 5.41) is 11.7. The number of hydrogen-bond acceptors (Lipinski definition) is 4. The monoisotopic (exact) mass is 330 g/mol. The van der Waals surface area contributed by atoms with Crippen molar-refractivity contribution in [3.05, 3.63) is 34.9 Å². The van der Waals surface area contributed by atoms with E-state index in [9.17, 15) is 19.2 Å². The van der Waals surface area contributed by atoms with Crippen LogP contribution in [0, 0.1) is 12.8 Å². The molecule has 2 N–H and O–H groups in total. The average Bonchev–Trinajstić information content (AvgIpc) is 3.07. The van der Waals surface area contributed by atoms with Crippen molar-refractivity contribution < 1.29 is 24.3 Å². The Hall–Kier alpha value is -2.70. The Balaban J connectivity index is 1.63. The van der Waals surface area contributed by atoms with Crippen LogP contribution in [0.15, 0.2) is 18.2 Å². The molecule has 1 aliphatic carbocycles. The third kappa shape index (κ3) is 2.89. The average molecular weight is 330 g/mol. The van der Waals surface area contributed by atoms with Crippen molar-refractivity contribution in [2.45, 2.75) is 32.2 Å². The molecule has 0 spiro atoms. The van der Waals surface area contributed by atoms with Crippen molar-refractivity contribution in [3.8, 4) is 0 Å². The van der Waals surface area contributed by atoms with Crippen molar-refractivity contribution >= 4 is 23.7 Å². The molecule has 0 bridgehead atoms. The lowest BCUT2D eigenvalue weighted by Crippen LogP contribution is -2.43. The van der Waals surface area contributed by atoms with Gasteiger partial charge in [0, 0.05) is 6.04 Å². The number of aliphatic carboxylic acids is 1. The number of nitrogens with one attached hydrogen (secondary N) is 1. The van der Waals surface area contributed by atoms with E-state index in [1.54, 1.807) is 18.2 Å². The number of carbonyl (C=O) groups excluding carboxylic acids is 3. The Morgan fingerprint density at radius 1 is 1.21 bits per heavy atom. The molecule has 0 aromatic heterocycles. The summed E-state index contributed by atoms with van der Waals surface area (Å²) in [4.78, 5) is 48.6. The molecular weight excluding hydrogens is 312 g/mol. The van der Waals surface area contributed by atoms with Gasteiger partial charge in [-0.3, -0.25) is 24.1 Å². The van der Waals surface area contributed by atoms with E-state index in [0.717, 1.165) is 10.5 Å².